The Hall–Kier alpha value is -3.49. The Labute approximate surface area is 193 Å². The Morgan fingerprint density at radius 2 is 1.82 bits per heavy atom. The number of nitrogens with two attached hydrogens (primary N) is 1. The van der Waals surface area contributed by atoms with Crippen LogP contribution in [-0.4, -0.2) is 36.2 Å². The van der Waals surface area contributed by atoms with Gasteiger partial charge in [-0.05, 0) is 42.5 Å². The molecule has 0 radical (unpaired) electrons. The molecule has 0 saturated heterocycles. The Kier molecular flexibility index (Phi) is 9.32. The fourth-order valence-corrected chi connectivity index (χ4v) is 3.28. The van der Waals surface area contributed by atoms with E-state index in [1.54, 1.807) is 38.5 Å². The maximum Gasteiger partial charge on any atom is 0.330 e. The standard InChI is InChI=1S/C24H34N4O5/c1-6-7-11-28-22(25)21(23(30)26-24(28)31)27(12-10-16(2)3)20(29)9-8-17-13-18(32-4)15-19(14-17)33-5/h8-9,13-16H,6-7,10-12,25H2,1-5H3,(H,26,30,31)/b9-8+. The van der Waals surface area contributed by atoms with E-state index in [4.69, 9.17) is 15.2 Å². The number of hydrogen-bond donors (Lipinski definition) is 2. The molecule has 0 saturated carbocycles. The summed E-state index contributed by atoms with van der Waals surface area (Å²) in [6.45, 7) is 6.68. The number of nitrogens with one attached hydrogen (secondary N) is 1. The molecule has 1 heterocycles. The van der Waals surface area contributed by atoms with Crippen molar-refractivity contribution in [3.05, 3.63) is 50.7 Å². The summed E-state index contributed by atoms with van der Waals surface area (Å²) < 4.78 is 11.9. The molecule has 0 unspecified atom stereocenters. The van der Waals surface area contributed by atoms with E-state index in [-0.39, 0.29) is 18.1 Å². The third-order valence-electron chi connectivity index (χ3n) is 5.21. The molecule has 1 amide bonds. The van der Waals surface area contributed by atoms with Gasteiger partial charge in [0.15, 0.2) is 5.69 Å². The van der Waals surface area contributed by atoms with Crippen molar-refractivity contribution < 1.29 is 14.3 Å². The van der Waals surface area contributed by atoms with Crippen LogP contribution < -0.4 is 31.4 Å². The number of unbranched alkanes of at least 4 members (excludes halogenated alkanes) is 1. The summed E-state index contributed by atoms with van der Waals surface area (Å²) in [6, 6.07) is 5.25. The molecule has 2 aromatic rings. The van der Waals surface area contributed by atoms with Gasteiger partial charge in [-0.2, -0.15) is 0 Å². The number of hydrogen-bond acceptors (Lipinski definition) is 6. The summed E-state index contributed by atoms with van der Waals surface area (Å²) >= 11 is 0. The second-order valence-corrected chi connectivity index (χ2v) is 8.15. The van der Waals surface area contributed by atoms with Gasteiger partial charge in [-0.25, -0.2) is 4.79 Å². The van der Waals surface area contributed by atoms with Crippen molar-refractivity contribution >= 4 is 23.5 Å². The average molecular weight is 459 g/mol. The van der Waals surface area contributed by atoms with Crippen molar-refractivity contribution in [1.29, 1.82) is 0 Å². The minimum absolute atomic E-state index is 0.00856. The van der Waals surface area contributed by atoms with Gasteiger partial charge in [0.25, 0.3) is 11.5 Å². The second kappa shape index (κ2) is 11.9. The maximum absolute atomic E-state index is 13.2. The summed E-state index contributed by atoms with van der Waals surface area (Å²) in [5.41, 5.74) is 5.67. The van der Waals surface area contributed by atoms with Crippen molar-refractivity contribution in [3.8, 4) is 11.5 Å². The molecule has 0 atom stereocenters. The predicted molar refractivity (Wildman–Crippen MR) is 131 cm³/mol. The van der Waals surface area contributed by atoms with E-state index in [9.17, 15) is 14.4 Å². The van der Waals surface area contributed by atoms with Crippen LogP contribution in [0.25, 0.3) is 6.08 Å². The van der Waals surface area contributed by atoms with Gasteiger partial charge in [-0.15, -0.1) is 0 Å². The number of amides is 1. The van der Waals surface area contributed by atoms with Gasteiger partial charge in [0.1, 0.15) is 17.3 Å². The monoisotopic (exact) mass is 458 g/mol. The first-order valence-corrected chi connectivity index (χ1v) is 11.1. The zero-order valence-electron chi connectivity index (χ0n) is 20.0. The molecule has 0 aliphatic rings. The van der Waals surface area contributed by atoms with E-state index in [1.807, 2.05) is 20.8 Å². The van der Waals surface area contributed by atoms with Crippen LogP contribution in [0.2, 0.25) is 0 Å². The highest BCUT2D eigenvalue weighted by Gasteiger charge is 2.23. The number of ether oxygens (including phenoxy) is 2. The molecule has 0 bridgehead atoms. The fourth-order valence-electron chi connectivity index (χ4n) is 3.28. The van der Waals surface area contributed by atoms with Gasteiger partial charge in [0, 0.05) is 25.2 Å². The largest absolute Gasteiger partial charge is 0.497 e. The lowest BCUT2D eigenvalue weighted by molar-refractivity contribution is -0.114. The number of aromatic amines is 1. The van der Waals surface area contributed by atoms with Gasteiger partial charge >= 0.3 is 5.69 Å². The lowest BCUT2D eigenvalue weighted by atomic mass is 10.1. The number of carbonyl (C=O) groups excluding carboxylic acids is 1. The van der Waals surface area contributed by atoms with E-state index >= 15 is 0 Å². The number of aromatic nitrogens is 2. The molecule has 0 aliphatic heterocycles. The molecule has 3 N–H and O–H groups in total. The third-order valence-corrected chi connectivity index (χ3v) is 5.21. The van der Waals surface area contributed by atoms with Gasteiger partial charge in [-0.3, -0.25) is 19.1 Å². The molecule has 180 valence electrons. The third kappa shape index (κ3) is 6.74. The van der Waals surface area contributed by atoms with Crippen molar-refractivity contribution in [3.63, 3.8) is 0 Å². The minimum Gasteiger partial charge on any atom is -0.497 e. The first kappa shape index (κ1) is 25.8. The quantitative estimate of drug-likeness (QED) is 0.500. The first-order valence-electron chi connectivity index (χ1n) is 11.1. The molecule has 0 fully saturated rings. The molecule has 0 aliphatic carbocycles. The summed E-state index contributed by atoms with van der Waals surface area (Å²) in [4.78, 5) is 41.9. The number of H-pyrrole nitrogens is 1. The molecular formula is C24H34N4O5. The van der Waals surface area contributed by atoms with E-state index in [0.717, 1.165) is 6.42 Å². The molecule has 9 nitrogen and oxygen atoms in total. The van der Waals surface area contributed by atoms with Crippen molar-refractivity contribution in [2.75, 3.05) is 31.4 Å². The van der Waals surface area contributed by atoms with E-state index < -0.39 is 17.2 Å². The Morgan fingerprint density at radius 1 is 1.18 bits per heavy atom. The fraction of sp³-hybridized carbons (Fsp3) is 0.458. The summed E-state index contributed by atoms with van der Waals surface area (Å²) in [5.74, 6) is 1.03. The van der Waals surface area contributed by atoms with Crippen LogP contribution in [0.15, 0.2) is 33.9 Å². The molecule has 1 aromatic heterocycles. The zero-order valence-corrected chi connectivity index (χ0v) is 20.0. The number of nitrogen functional groups attached to an aromatic ring is 1. The molecule has 9 heteroatoms. The smallest absolute Gasteiger partial charge is 0.330 e. The molecular weight excluding hydrogens is 424 g/mol. The molecule has 2 rings (SSSR count). The molecule has 0 spiro atoms. The lowest BCUT2D eigenvalue weighted by Crippen LogP contribution is -2.41. The van der Waals surface area contributed by atoms with E-state index in [0.29, 0.717) is 42.4 Å². The normalized spacial score (nSPS) is 11.2. The maximum atomic E-state index is 13.2. The highest BCUT2D eigenvalue weighted by molar-refractivity contribution is 6.05. The zero-order chi connectivity index (χ0) is 24.5. The minimum atomic E-state index is -0.682. The Bertz CT molecular complexity index is 1080. The Morgan fingerprint density at radius 3 is 2.36 bits per heavy atom. The lowest BCUT2D eigenvalue weighted by Gasteiger charge is -2.24. The highest BCUT2D eigenvalue weighted by Crippen LogP contribution is 2.24. The summed E-state index contributed by atoms with van der Waals surface area (Å²) in [6.07, 6.45) is 5.21. The highest BCUT2D eigenvalue weighted by atomic mass is 16.5. The topological polar surface area (TPSA) is 120 Å². The van der Waals surface area contributed by atoms with Gasteiger partial charge in [0.2, 0.25) is 0 Å². The van der Waals surface area contributed by atoms with Crippen LogP contribution in [0.1, 0.15) is 45.6 Å². The van der Waals surface area contributed by atoms with Gasteiger partial charge in [0.05, 0.1) is 14.2 Å². The van der Waals surface area contributed by atoms with Crippen LogP contribution in [-0.2, 0) is 11.3 Å². The van der Waals surface area contributed by atoms with Crippen LogP contribution in [0.5, 0.6) is 11.5 Å². The second-order valence-electron chi connectivity index (χ2n) is 8.15. The van der Waals surface area contributed by atoms with Crippen molar-refractivity contribution in [2.45, 2.75) is 46.6 Å². The SMILES string of the molecule is CCCCn1c(N)c(N(CCC(C)C)C(=O)/C=C/c2cc(OC)cc(OC)c2)c(=O)[nH]c1=O. The number of anilines is 2. The Balaban J connectivity index is 2.49. The van der Waals surface area contributed by atoms with Gasteiger partial charge < -0.3 is 20.1 Å². The molecule has 33 heavy (non-hydrogen) atoms. The van der Waals surface area contributed by atoms with Crippen molar-refractivity contribution in [2.24, 2.45) is 5.92 Å². The van der Waals surface area contributed by atoms with Crippen LogP contribution in [0.3, 0.4) is 0 Å². The van der Waals surface area contributed by atoms with Crippen LogP contribution in [0.4, 0.5) is 11.5 Å². The summed E-state index contributed by atoms with van der Waals surface area (Å²) in [7, 11) is 3.09. The van der Waals surface area contributed by atoms with E-state index in [1.165, 1.54) is 15.5 Å². The summed E-state index contributed by atoms with van der Waals surface area (Å²) in [5, 5.41) is 0. The number of carbonyl (C=O) groups is 1. The predicted octanol–water partition coefficient (Wildman–Crippen LogP) is 3.03. The number of benzene rings is 1. The van der Waals surface area contributed by atoms with Gasteiger partial charge in [-0.1, -0.05) is 27.2 Å². The van der Waals surface area contributed by atoms with Crippen molar-refractivity contribution in [1.82, 2.24) is 9.55 Å². The number of rotatable bonds is 11. The first-order chi connectivity index (χ1) is 15.7. The molecule has 1 aromatic carbocycles. The average Bonchev–Trinajstić information content (AvgIpc) is 2.78. The number of methoxy groups -OCH3 is 2. The van der Waals surface area contributed by atoms with E-state index in [2.05, 4.69) is 4.98 Å². The van der Waals surface area contributed by atoms with Crippen LogP contribution in [0, 0.1) is 5.92 Å². The number of nitrogens with zero attached hydrogens (tertiary/aromatic N) is 2. The van der Waals surface area contributed by atoms with Crippen LogP contribution >= 0.6 is 0 Å².